The van der Waals surface area contributed by atoms with E-state index in [0.29, 0.717) is 35.0 Å². The summed E-state index contributed by atoms with van der Waals surface area (Å²) >= 11 is 1.43. The molecule has 1 amide bonds. The predicted molar refractivity (Wildman–Crippen MR) is 111 cm³/mol. The molecular formula is C21H22N2O4S. The van der Waals surface area contributed by atoms with Crippen molar-refractivity contribution in [3.63, 3.8) is 0 Å². The molecule has 1 heterocycles. The summed E-state index contributed by atoms with van der Waals surface area (Å²) in [5.41, 5.74) is 1.35. The number of hydrogen-bond donors (Lipinski definition) is 0. The van der Waals surface area contributed by atoms with Crippen LogP contribution in [0.4, 0.5) is 0 Å². The first-order valence-electron chi connectivity index (χ1n) is 8.79. The molecule has 0 aliphatic heterocycles. The molecule has 3 aromatic rings. The second-order valence-corrected chi connectivity index (χ2v) is 6.84. The van der Waals surface area contributed by atoms with E-state index in [0.717, 1.165) is 16.0 Å². The number of benzene rings is 2. The second-order valence-electron chi connectivity index (χ2n) is 5.83. The second kappa shape index (κ2) is 8.75. The molecule has 0 aliphatic carbocycles. The maximum Gasteiger partial charge on any atom is 0.283 e. The van der Waals surface area contributed by atoms with E-state index < -0.39 is 0 Å². The van der Waals surface area contributed by atoms with E-state index in [2.05, 4.69) is 11.6 Å². The number of nitrogens with zero attached hydrogens (tertiary/aromatic N) is 2. The first kappa shape index (κ1) is 19.7. The molecule has 0 saturated carbocycles. The fourth-order valence-corrected chi connectivity index (χ4v) is 3.89. The molecule has 3 rings (SSSR count). The van der Waals surface area contributed by atoms with Crippen molar-refractivity contribution >= 4 is 27.5 Å². The predicted octanol–water partition coefficient (Wildman–Crippen LogP) is 4.05. The highest BCUT2D eigenvalue weighted by molar-refractivity contribution is 7.16. The molecule has 1 aromatic heterocycles. The average Bonchev–Trinajstić information content (AvgIpc) is 3.04. The number of thiazole rings is 1. The molecule has 2 aromatic carbocycles. The van der Waals surface area contributed by atoms with Crippen molar-refractivity contribution in [1.82, 2.24) is 4.57 Å². The smallest absolute Gasteiger partial charge is 0.283 e. The fraction of sp³-hybridized carbons (Fsp3) is 0.238. The summed E-state index contributed by atoms with van der Waals surface area (Å²) in [6.45, 7) is 6.89. The van der Waals surface area contributed by atoms with Crippen molar-refractivity contribution in [1.29, 1.82) is 0 Å². The molecule has 0 unspecified atom stereocenters. The molecule has 0 aliphatic rings. The van der Waals surface area contributed by atoms with Gasteiger partial charge in [-0.05, 0) is 37.3 Å². The summed E-state index contributed by atoms with van der Waals surface area (Å²) in [5.74, 6) is 1.44. The van der Waals surface area contributed by atoms with Gasteiger partial charge in [0.15, 0.2) is 4.80 Å². The van der Waals surface area contributed by atoms with E-state index in [9.17, 15) is 4.79 Å². The van der Waals surface area contributed by atoms with Crippen molar-refractivity contribution in [2.24, 2.45) is 4.99 Å². The fourth-order valence-electron chi connectivity index (χ4n) is 2.82. The lowest BCUT2D eigenvalue weighted by molar-refractivity contribution is 0.0995. The van der Waals surface area contributed by atoms with Crippen LogP contribution in [0, 0.1) is 0 Å². The van der Waals surface area contributed by atoms with Crippen LogP contribution >= 0.6 is 11.3 Å². The number of fused-ring (bicyclic) bond motifs is 1. The van der Waals surface area contributed by atoms with Crippen LogP contribution in [0.2, 0.25) is 0 Å². The van der Waals surface area contributed by atoms with Crippen molar-refractivity contribution in [2.75, 3.05) is 20.8 Å². The highest BCUT2D eigenvalue weighted by atomic mass is 32.1. The number of aromatic nitrogens is 1. The zero-order valence-electron chi connectivity index (χ0n) is 16.1. The highest BCUT2D eigenvalue weighted by Gasteiger charge is 2.14. The molecule has 6 nitrogen and oxygen atoms in total. The summed E-state index contributed by atoms with van der Waals surface area (Å²) in [4.78, 5) is 17.8. The first-order chi connectivity index (χ1) is 13.6. The minimum absolute atomic E-state index is 0.376. The topological polar surface area (TPSA) is 62.1 Å². The third kappa shape index (κ3) is 3.94. The average molecular weight is 398 g/mol. The van der Waals surface area contributed by atoms with E-state index in [4.69, 9.17) is 14.2 Å². The molecule has 0 fully saturated rings. The summed E-state index contributed by atoms with van der Waals surface area (Å²) < 4.78 is 19.0. The van der Waals surface area contributed by atoms with Gasteiger partial charge in [0.2, 0.25) is 0 Å². The van der Waals surface area contributed by atoms with E-state index in [1.165, 1.54) is 18.4 Å². The third-order valence-electron chi connectivity index (χ3n) is 4.11. The molecule has 0 radical (unpaired) electrons. The van der Waals surface area contributed by atoms with Crippen LogP contribution in [-0.2, 0) is 6.54 Å². The van der Waals surface area contributed by atoms with E-state index in [-0.39, 0.29) is 5.91 Å². The van der Waals surface area contributed by atoms with Gasteiger partial charge in [-0.15, -0.1) is 6.58 Å². The Bertz CT molecular complexity index is 1080. The summed E-state index contributed by atoms with van der Waals surface area (Å²) in [7, 11) is 3.07. The zero-order chi connectivity index (χ0) is 20.1. The summed E-state index contributed by atoms with van der Waals surface area (Å²) in [5, 5.41) is 0. The van der Waals surface area contributed by atoms with Gasteiger partial charge in [0.05, 0.1) is 36.6 Å². The number of carbonyl (C=O) groups excluding carboxylic acids is 1. The largest absolute Gasteiger partial charge is 0.497 e. The molecule has 0 bridgehead atoms. The van der Waals surface area contributed by atoms with Crippen LogP contribution in [0.1, 0.15) is 17.3 Å². The summed E-state index contributed by atoms with van der Waals surface area (Å²) in [6, 6.07) is 10.9. The molecule has 0 N–H and O–H groups in total. The van der Waals surface area contributed by atoms with Crippen LogP contribution in [0.25, 0.3) is 10.2 Å². The van der Waals surface area contributed by atoms with Crippen LogP contribution in [0.15, 0.2) is 54.0 Å². The van der Waals surface area contributed by atoms with Crippen LogP contribution in [-0.4, -0.2) is 31.3 Å². The maximum atomic E-state index is 12.9. The number of amides is 1. The SMILES string of the molecule is C=CCn1c(=NC(=O)c2ccc(OC)cc2OC)sc2cc(OCC)ccc21. The lowest BCUT2D eigenvalue weighted by Crippen LogP contribution is -2.16. The van der Waals surface area contributed by atoms with Crippen molar-refractivity contribution in [3.05, 3.63) is 59.4 Å². The van der Waals surface area contributed by atoms with Gasteiger partial charge in [-0.25, -0.2) is 0 Å². The van der Waals surface area contributed by atoms with E-state index >= 15 is 0 Å². The number of methoxy groups -OCH3 is 2. The van der Waals surface area contributed by atoms with E-state index in [1.807, 2.05) is 29.7 Å². The van der Waals surface area contributed by atoms with Gasteiger partial charge < -0.3 is 18.8 Å². The Hall–Kier alpha value is -3.06. The van der Waals surface area contributed by atoms with Gasteiger partial charge in [-0.1, -0.05) is 17.4 Å². The van der Waals surface area contributed by atoms with Crippen LogP contribution in [0.3, 0.4) is 0 Å². The lowest BCUT2D eigenvalue weighted by Gasteiger charge is -2.07. The minimum Gasteiger partial charge on any atom is -0.497 e. The number of allylic oxidation sites excluding steroid dienone is 1. The maximum absolute atomic E-state index is 12.9. The van der Waals surface area contributed by atoms with Crippen LogP contribution in [0.5, 0.6) is 17.2 Å². The van der Waals surface area contributed by atoms with Crippen LogP contribution < -0.4 is 19.0 Å². The van der Waals surface area contributed by atoms with Crippen molar-refractivity contribution in [3.8, 4) is 17.2 Å². The van der Waals surface area contributed by atoms with Crippen molar-refractivity contribution in [2.45, 2.75) is 13.5 Å². The Morgan fingerprint density at radius 1 is 1.18 bits per heavy atom. The summed E-state index contributed by atoms with van der Waals surface area (Å²) in [6.07, 6.45) is 1.78. The van der Waals surface area contributed by atoms with Gasteiger partial charge in [-0.2, -0.15) is 4.99 Å². The van der Waals surface area contributed by atoms with Gasteiger partial charge in [0, 0.05) is 12.6 Å². The normalized spacial score (nSPS) is 11.5. The Kier molecular flexibility index (Phi) is 6.16. The quantitative estimate of drug-likeness (QED) is 0.564. The van der Waals surface area contributed by atoms with Crippen molar-refractivity contribution < 1.29 is 19.0 Å². The standard InChI is InChI=1S/C21H22N2O4S/c1-5-11-23-17-10-8-15(27-6-2)13-19(17)28-21(23)22-20(24)16-9-7-14(25-3)12-18(16)26-4/h5,7-10,12-13H,1,6,11H2,2-4H3. The lowest BCUT2D eigenvalue weighted by atomic mass is 10.2. The van der Waals surface area contributed by atoms with Gasteiger partial charge in [0.1, 0.15) is 17.2 Å². The Balaban J connectivity index is 2.11. The zero-order valence-corrected chi connectivity index (χ0v) is 16.9. The van der Waals surface area contributed by atoms with Gasteiger partial charge in [0.25, 0.3) is 5.91 Å². The molecule has 0 saturated heterocycles. The number of hydrogen-bond acceptors (Lipinski definition) is 5. The molecular weight excluding hydrogens is 376 g/mol. The van der Waals surface area contributed by atoms with Gasteiger partial charge >= 0.3 is 0 Å². The molecule has 28 heavy (non-hydrogen) atoms. The van der Waals surface area contributed by atoms with Gasteiger partial charge in [-0.3, -0.25) is 4.79 Å². The monoisotopic (exact) mass is 398 g/mol. The molecule has 7 heteroatoms. The highest BCUT2D eigenvalue weighted by Crippen LogP contribution is 2.26. The Labute approximate surface area is 167 Å². The molecule has 0 atom stereocenters. The molecule has 0 spiro atoms. The van der Waals surface area contributed by atoms with E-state index in [1.54, 1.807) is 31.4 Å². The first-order valence-corrected chi connectivity index (χ1v) is 9.61. The third-order valence-corrected chi connectivity index (χ3v) is 5.15. The minimum atomic E-state index is -0.381. The Morgan fingerprint density at radius 2 is 1.96 bits per heavy atom. The number of ether oxygens (including phenoxy) is 3. The Morgan fingerprint density at radius 3 is 2.64 bits per heavy atom. The number of carbonyl (C=O) groups is 1. The number of rotatable bonds is 7. The molecule has 146 valence electrons.